The van der Waals surface area contributed by atoms with Crippen molar-refractivity contribution in [3.8, 4) is 11.5 Å². The summed E-state index contributed by atoms with van der Waals surface area (Å²) in [5.74, 6) is 1.21. The van der Waals surface area contributed by atoms with Crippen LogP contribution in [0.5, 0.6) is 11.5 Å². The lowest BCUT2D eigenvalue weighted by Gasteiger charge is -2.44. The Hall–Kier alpha value is -2.37. The molecule has 1 aromatic carbocycles. The lowest BCUT2D eigenvalue weighted by atomic mass is 9.94. The molecule has 2 aromatic rings. The number of benzene rings is 1. The third-order valence-corrected chi connectivity index (χ3v) is 7.89. The first-order chi connectivity index (χ1) is 19.3. The van der Waals surface area contributed by atoms with Crippen LogP contribution in [0.4, 0.5) is 0 Å². The molecule has 1 aromatic heterocycles. The van der Waals surface area contributed by atoms with E-state index < -0.39 is 73.6 Å². The van der Waals surface area contributed by atoms with Crippen LogP contribution in [0.15, 0.2) is 21.3 Å². The summed E-state index contributed by atoms with van der Waals surface area (Å²) in [6.07, 6.45) is -10.8. The van der Waals surface area contributed by atoms with Gasteiger partial charge in [0.1, 0.15) is 76.1 Å². The van der Waals surface area contributed by atoms with Crippen molar-refractivity contribution in [1.29, 1.82) is 0 Å². The van der Waals surface area contributed by atoms with E-state index in [0.717, 1.165) is 0 Å². The van der Waals surface area contributed by atoms with Gasteiger partial charge in [0.05, 0.1) is 26.9 Å². The topological polar surface area (TPSA) is 207 Å². The monoisotopic (exact) mass is 584 g/mol. The van der Waals surface area contributed by atoms with Crippen LogP contribution in [-0.4, -0.2) is 118 Å². The number of aliphatic hydroxyl groups excluding tert-OH is 5. The molecule has 228 valence electrons. The Kier molecular flexibility index (Phi) is 8.10. The van der Waals surface area contributed by atoms with Gasteiger partial charge in [-0.05, 0) is 20.8 Å². The molecule has 2 saturated heterocycles. The third kappa shape index (κ3) is 5.33. The smallest absolute Gasteiger partial charge is 0.196 e. The van der Waals surface area contributed by atoms with Gasteiger partial charge in [0.15, 0.2) is 18.0 Å². The van der Waals surface area contributed by atoms with Gasteiger partial charge in [-0.15, -0.1) is 0 Å². The average molecular weight is 585 g/mol. The van der Waals surface area contributed by atoms with E-state index >= 15 is 0 Å². The van der Waals surface area contributed by atoms with E-state index in [-0.39, 0.29) is 18.5 Å². The second-order valence-corrected chi connectivity index (χ2v) is 11.2. The molecule has 6 N–H and O–H groups in total. The molecule has 0 radical (unpaired) electrons. The number of rotatable bonds is 8. The predicted octanol–water partition coefficient (Wildman–Crippen LogP) is -1.53. The highest BCUT2D eigenvalue weighted by molar-refractivity contribution is 5.87. The molecule has 5 rings (SSSR count). The van der Waals surface area contributed by atoms with Gasteiger partial charge in [0.25, 0.3) is 0 Å². The Balaban J connectivity index is 1.30. The van der Waals surface area contributed by atoms with E-state index in [2.05, 4.69) is 0 Å². The molecule has 3 aliphatic heterocycles. The number of hydrogen-bond acceptors (Lipinski definition) is 14. The highest BCUT2D eigenvalue weighted by atomic mass is 16.7. The quantitative estimate of drug-likeness (QED) is 0.208. The van der Waals surface area contributed by atoms with Gasteiger partial charge in [-0.1, -0.05) is 0 Å². The lowest BCUT2D eigenvalue weighted by molar-refractivity contribution is -0.335. The Morgan fingerprint density at radius 1 is 1.10 bits per heavy atom. The first-order valence-electron chi connectivity index (χ1n) is 13.2. The molecule has 2 fully saturated rings. The summed E-state index contributed by atoms with van der Waals surface area (Å²) in [6.45, 7) is 3.51. The molecule has 0 bridgehead atoms. The zero-order valence-corrected chi connectivity index (χ0v) is 23.1. The number of ether oxygens (including phenoxy) is 6. The molecule has 14 heteroatoms. The van der Waals surface area contributed by atoms with Gasteiger partial charge in [0.2, 0.25) is 0 Å². The maximum atomic E-state index is 12.7. The zero-order valence-electron chi connectivity index (χ0n) is 23.1. The molecule has 0 spiro atoms. The van der Waals surface area contributed by atoms with Crippen LogP contribution in [0.25, 0.3) is 11.0 Å². The summed E-state index contributed by atoms with van der Waals surface area (Å²) in [4.78, 5) is 12.7. The minimum absolute atomic E-state index is 0.251. The van der Waals surface area contributed by atoms with Crippen molar-refractivity contribution in [2.24, 2.45) is 0 Å². The van der Waals surface area contributed by atoms with Crippen LogP contribution < -0.4 is 14.9 Å². The number of aliphatic hydroxyl groups is 6. The number of aryl methyl sites for hydroxylation is 1. The molecule has 9 atom stereocenters. The van der Waals surface area contributed by atoms with Crippen molar-refractivity contribution in [3.05, 3.63) is 33.7 Å². The zero-order chi connectivity index (χ0) is 29.9. The van der Waals surface area contributed by atoms with E-state index in [1.54, 1.807) is 26.8 Å². The molecule has 14 nitrogen and oxygen atoms in total. The molecule has 3 aliphatic rings. The largest absolute Gasteiger partial charge is 0.495 e. The van der Waals surface area contributed by atoms with E-state index in [1.807, 2.05) is 0 Å². The molecule has 4 heterocycles. The van der Waals surface area contributed by atoms with Gasteiger partial charge in [-0.25, -0.2) is 0 Å². The molecule has 0 saturated carbocycles. The van der Waals surface area contributed by atoms with Crippen LogP contribution in [0.2, 0.25) is 0 Å². The Labute approximate surface area is 234 Å². The average Bonchev–Trinajstić information content (AvgIpc) is 3.48. The molecular formula is C27H36O14. The summed E-state index contributed by atoms with van der Waals surface area (Å²) in [5, 5.41) is 61.6. The second kappa shape index (κ2) is 11.0. The molecule has 0 aliphatic carbocycles. The first kappa shape index (κ1) is 30.1. The van der Waals surface area contributed by atoms with Crippen LogP contribution in [0.1, 0.15) is 25.2 Å². The van der Waals surface area contributed by atoms with Crippen molar-refractivity contribution in [2.45, 2.75) is 87.6 Å². The number of fused-ring (bicyclic) bond motifs is 2. The van der Waals surface area contributed by atoms with Crippen LogP contribution in [-0.2, 0) is 25.4 Å². The summed E-state index contributed by atoms with van der Waals surface area (Å²) in [7, 11) is 1.45. The highest BCUT2D eigenvalue weighted by Crippen LogP contribution is 2.44. The van der Waals surface area contributed by atoms with Gasteiger partial charge >= 0.3 is 0 Å². The SMILES string of the molecule is COc1c2c(cc3oc(C)cc(=O)c13)OC(C(C)(C)OC1OC(COC3OCC(O)(CO)C3O)C(O)C(O)C1O)C2. The van der Waals surface area contributed by atoms with Gasteiger partial charge < -0.3 is 63.5 Å². The van der Waals surface area contributed by atoms with E-state index in [1.165, 1.54) is 13.2 Å². The van der Waals surface area contributed by atoms with Crippen molar-refractivity contribution in [2.75, 3.05) is 26.9 Å². The standard InChI is InChI=1S/C27H36O14/c1-11-5-13(29)18-15(38-11)7-14-12(22(18)35-4)6-17(39-14)26(2,3)41-24-21(32)20(31)19(30)16(40-24)8-36-25-23(33)27(34,9-28)10-37-25/h5,7,16-17,19-21,23-25,28,30-34H,6,8-10H2,1-4H3. The van der Waals surface area contributed by atoms with Gasteiger partial charge in [-0.3, -0.25) is 4.79 Å². The first-order valence-corrected chi connectivity index (χ1v) is 13.2. The minimum Gasteiger partial charge on any atom is -0.495 e. The van der Waals surface area contributed by atoms with Gasteiger partial charge in [0, 0.05) is 24.1 Å². The molecule has 41 heavy (non-hydrogen) atoms. The molecule has 9 unspecified atom stereocenters. The summed E-state index contributed by atoms with van der Waals surface area (Å²) in [6, 6.07) is 3.00. The van der Waals surface area contributed by atoms with Crippen LogP contribution in [0.3, 0.4) is 0 Å². The minimum atomic E-state index is -1.91. The maximum absolute atomic E-state index is 12.7. The Morgan fingerprint density at radius 2 is 1.83 bits per heavy atom. The second-order valence-electron chi connectivity index (χ2n) is 11.2. The lowest BCUT2D eigenvalue weighted by Crippen LogP contribution is -2.61. The summed E-state index contributed by atoms with van der Waals surface area (Å²) < 4.78 is 40.0. The van der Waals surface area contributed by atoms with Crippen molar-refractivity contribution in [1.82, 2.24) is 0 Å². The normalized spacial score (nSPS) is 35.5. The Morgan fingerprint density at radius 3 is 2.49 bits per heavy atom. The molecular weight excluding hydrogens is 548 g/mol. The van der Waals surface area contributed by atoms with Crippen LogP contribution >= 0.6 is 0 Å². The van der Waals surface area contributed by atoms with E-state index in [4.69, 9.17) is 32.8 Å². The fourth-order valence-corrected chi connectivity index (χ4v) is 5.37. The highest BCUT2D eigenvalue weighted by Gasteiger charge is 2.51. The summed E-state index contributed by atoms with van der Waals surface area (Å²) >= 11 is 0. The van der Waals surface area contributed by atoms with Gasteiger partial charge in [-0.2, -0.15) is 0 Å². The van der Waals surface area contributed by atoms with Crippen LogP contribution in [0, 0.1) is 6.92 Å². The fraction of sp³-hybridized carbons (Fsp3) is 0.667. The number of methoxy groups -OCH3 is 1. The number of hydrogen-bond donors (Lipinski definition) is 6. The van der Waals surface area contributed by atoms with Crippen molar-refractivity contribution >= 4 is 11.0 Å². The molecule has 0 amide bonds. The van der Waals surface area contributed by atoms with Crippen molar-refractivity contribution in [3.63, 3.8) is 0 Å². The maximum Gasteiger partial charge on any atom is 0.196 e. The van der Waals surface area contributed by atoms with E-state index in [0.29, 0.717) is 33.8 Å². The predicted molar refractivity (Wildman–Crippen MR) is 137 cm³/mol. The summed E-state index contributed by atoms with van der Waals surface area (Å²) in [5.41, 5.74) is -2.35. The third-order valence-electron chi connectivity index (χ3n) is 7.89. The Bertz CT molecular complexity index is 1330. The van der Waals surface area contributed by atoms with E-state index in [9.17, 15) is 35.4 Å². The fourth-order valence-electron chi connectivity index (χ4n) is 5.37. The van der Waals surface area contributed by atoms with Crippen molar-refractivity contribution < 1.29 is 63.5 Å².